The minimum Gasteiger partial charge on any atom is -0.369 e. The third-order valence-corrected chi connectivity index (χ3v) is 7.86. The van der Waals surface area contributed by atoms with E-state index in [1.165, 1.54) is 11.3 Å². The highest BCUT2D eigenvalue weighted by atomic mass is 32.2. The van der Waals surface area contributed by atoms with Crippen LogP contribution in [0.25, 0.3) is 11.0 Å². The smallest absolute Gasteiger partial charge is 0.252 e. The van der Waals surface area contributed by atoms with Crippen LogP contribution in [0.1, 0.15) is 10.7 Å². The third-order valence-electron chi connectivity index (χ3n) is 4.50. The SMILES string of the molecule is Cc1nc2ccc(N3CCN(S(=O)(=O)c4ccc(C)s4)CC3)cc2[nH]1. The van der Waals surface area contributed by atoms with Gasteiger partial charge in [0.15, 0.2) is 0 Å². The number of aromatic amines is 1. The van der Waals surface area contributed by atoms with Crippen molar-refractivity contribution in [3.05, 3.63) is 41.0 Å². The predicted molar refractivity (Wildman–Crippen MR) is 101 cm³/mol. The lowest BCUT2D eigenvalue weighted by atomic mass is 10.2. The Morgan fingerprint density at radius 1 is 1.08 bits per heavy atom. The Morgan fingerprint density at radius 2 is 1.84 bits per heavy atom. The molecule has 8 heteroatoms. The van der Waals surface area contributed by atoms with Gasteiger partial charge in [0.1, 0.15) is 10.0 Å². The number of nitrogens with one attached hydrogen (secondary N) is 1. The number of piperazine rings is 1. The van der Waals surface area contributed by atoms with Gasteiger partial charge in [-0.25, -0.2) is 13.4 Å². The fourth-order valence-electron chi connectivity index (χ4n) is 3.19. The summed E-state index contributed by atoms with van der Waals surface area (Å²) in [6.07, 6.45) is 0. The summed E-state index contributed by atoms with van der Waals surface area (Å²) in [5.41, 5.74) is 3.06. The van der Waals surface area contributed by atoms with Crippen molar-refractivity contribution in [1.82, 2.24) is 14.3 Å². The monoisotopic (exact) mass is 376 g/mol. The number of fused-ring (bicyclic) bond motifs is 1. The van der Waals surface area contributed by atoms with Crippen molar-refractivity contribution in [2.75, 3.05) is 31.1 Å². The first-order chi connectivity index (χ1) is 11.9. The number of aromatic nitrogens is 2. The Kier molecular flexibility index (Phi) is 4.05. The minimum absolute atomic E-state index is 0.438. The molecule has 132 valence electrons. The molecule has 1 N–H and O–H groups in total. The summed E-state index contributed by atoms with van der Waals surface area (Å²) >= 11 is 1.33. The maximum Gasteiger partial charge on any atom is 0.252 e. The molecular weight excluding hydrogens is 356 g/mol. The molecule has 1 aliphatic heterocycles. The summed E-state index contributed by atoms with van der Waals surface area (Å²) in [4.78, 5) is 10.9. The van der Waals surface area contributed by atoms with E-state index in [9.17, 15) is 8.42 Å². The molecule has 0 spiro atoms. The molecule has 0 radical (unpaired) electrons. The molecule has 25 heavy (non-hydrogen) atoms. The van der Waals surface area contributed by atoms with E-state index in [2.05, 4.69) is 27.0 Å². The number of benzene rings is 1. The van der Waals surface area contributed by atoms with Crippen LogP contribution in [-0.2, 0) is 10.0 Å². The van der Waals surface area contributed by atoms with Crippen LogP contribution < -0.4 is 4.90 Å². The van der Waals surface area contributed by atoms with Crippen molar-refractivity contribution in [1.29, 1.82) is 0 Å². The highest BCUT2D eigenvalue weighted by molar-refractivity contribution is 7.91. The molecular formula is C17H20N4O2S2. The Labute approximate surface area is 151 Å². The maximum absolute atomic E-state index is 12.7. The average molecular weight is 377 g/mol. The van der Waals surface area contributed by atoms with Crippen LogP contribution in [0.3, 0.4) is 0 Å². The Morgan fingerprint density at radius 3 is 2.52 bits per heavy atom. The van der Waals surface area contributed by atoms with E-state index in [1.54, 1.807) is 10.4 Å². The Hall–Kier alpha value is -1.90. The standard InChI is InChI=1S/C17H20N4O2S2/c1-12-3-6-17(24-12)25(22,23)21-9-7-20(8-10-21)14-4-5-15-16(11-14)19-13(2)18-15/h3-6,11H,7-10H2,1-2H3,(H,18,19). The number of thiophene rings is 1. The number of imidazole rings is 1. The van der Waals surface area contributed by atoms with Gasteiger partial charge in [0.05, 0.1) is 11.0 Å². The Bertz CT molecular complexity index is 1010. The topological polar surface area (TPSA) is 69.3 Å². The molecule has 6 nitrogen and oxygen atoms in total. The molecule has 4 rings (SSSR count). The summed E-state index contributed by atoms with van der Waals surface area (Å²) in [5, 5.41) is 0. The van der Waals surface area contributed by atoms with Gasteiger partial charge in [0.25, 0.3) is 10.0 Å². The fourth-order valence-corrected chi connectivity index (χ4v) is 6.05. The number of hydrogen-bond donors (Lipinski definition) is 1. The van der Waals surface area contributed by atoms with Crippen LogP contribution in [0.5, 0.6) is 0 Å². The molecule has 0 amide bonds. The van der Waals surface area contributed by atoms with E-state index in [1.807, 2.05) is 26.0 Å². The van der Waals surface area contributed by atoms with E-state index in [0.717, 1.165) is 27.4 Å². The van der Waals surface area contributed by atoms with E-state index in [0.29, 0.717) is 30.4 Å². The largest absolute Gasteiger partial charge is 0.369 e. The number of rotatable bonds is 3. The average Bonchev–Trinajstić information content (AvgIpc) is 3.19. The van der Waals surface area contributed by atoms with Crippen LogP contribution in [0.15, 0.2) is 34.5 Å². The zero-order valence-electron chi connectivity index (χ0n) is 14.2. The Balaban J connectivity index is 1.50. The molecule has 0 saturated carbocycles. The zero-order chi connectivity index (χ0) is 17.6. The number of sulfonamides is 1. The molecule has 3 heterocycles. The number of aryl methyl sites for hydroxylation is 2. The second-order valence-electron chi connectivity index (χ2n) is 6.28. The molecule has 1 aromatic carbocycles. The number of anilines is 1. The second-order valence-corrected chi connectivity index (χ2v) is 9.73. The van der Waals surface area contributed by atoms with Crippen molar-refractivity contribution in [3.8, 4) is 0 Å². The molecule has 0 unspecified atom stereocenters. The lowest BCUT2D eigenvalue weighted by Gasteiger charge is -2.35. The lowest BCUT2D eigenvalue weighted by Crippen LogP contribution is -2.48. The second kappa shape index (κ2) is 6.12. The summed E-state index contributed by atoms with van der Waals surface area (Å²) in [6.45, 7) is 6.23. The normalized spacial score (nSPS) is 16.6. The zero-order valence-corrected chi connectivity index (χ0v) is 15.8. The minimum atomic E-state index is -3.37. The van der Waals surface area contributed by atoms with Gasteiger partial charge in [-0.05, 0) is 44.2 Å². The molecule has 3 aromatic rings. The highest BCUT2D eigenvalue weighted by Gasteiger charge is 2.29. The summed E-state index contributed by atoms with van der Waals surface area (Å²) in [7, 11) is -3.37. The maximum atomic E-state index is 12.7. The first-order valence-electron chi connectivity index (χ1n) is 8.21. The summed E-state index contributed by atoms with van der Waals surface area (Å²) in [6, 6.07) is 9.70. The van der Waals surface area contributed by atoms with Crippen molar-refractivity contribution < 1.29 is 8.42 Å². The van der Waals surface area contributed by atoms with Gasteiger partial charge in [-0.3, -0.25) is 0 Å². The van der Waals surface area contributed by atoms with E-state index in [-0.39, 0.29) is 0 Å². The van der Waals surface area contributed by atoms with Crippen molar-refractivity contribution in [3.63, 3.8) is 0 Å². The molecule has 1 fully saturated rings. The highest BCUT2D eigenvalue weighted by Crippen LogP contribution is 2.27. The molecule has 0 aliphatic carbocycles. The fraction of sp³-hybridized carbons (Fsp3) is 0.353. The predicted octanol–water partition coefficient (Wildman–Crippen LogP) is 2.75. The van der Waals surface area contributed by atoms with E-state index < -0.39 is 10.0 Å². The van der Waals surface area contributed by atoms with Gasteiger partial charge in [-0.15, -0.1) is 11.3 Å². The lowest BCUT2D eigenvalue weighted by molar-refractivity contribution is 0.386. The molecule has 1 saturated heterocycles. The quantitative estimate of drug-likeness (QED) is 0.763. The number of nitrogens with zero attached hydrogens (tertiary/aromatic N) is 3. The van der Waals surface area contributed by atoms with Crippen LogP contribution >= 0.6 is 11.3 Å². The molecule has 0 bridgehead atoms. The van der Waals surface area contributed by atoms with Gasteiger partial charge in [-0.1, -0.05) is 0 Å². The van der Waals surface area contributed by atoms with Gasteiger partial charge in [0, 0.05) is 36.7 Å². The number of hydrogen-bond acceptors (Lipinski definition) is 5. The third kappa shape index (κ3) is 3.05. The van der Waals surface area contributed by atoms with Crippen LogP contribution in [0.4, 0.5) is 5.69 Å². The first kappa shape index (κ1) is 16.6. The molecule has 0 atom stereocenters. The van der Waals surface area contributed by atoms with Crippen molar-refractivity contribution in [2.45, 2.75) is 18.1 Å². The van der Waals surface area contributed by atoms with Gasteiger partial charge < -0.3 is 9.88 Å². The summed E-state index contributed by atoms with van der Waals surface area (Å²) < 4.78 is 27.5. The van der Waals surface area contributed by atoms with Gasteiger partial charge >= 0.3 is 0 Å². The van der Waals surface area contributed by atoms with E-state index >= 15 is 0 Å². The molecule has 1 aliphatic rings. The van der Waals surface area contributed by atoms with Crippen LogP contribution in [0, 0.1) is 13.8 Å². The van der Waals surface area contributed by atoms with Crippen LogP contribution in [0.2, 0.25) is 0 Å². The van der Waals surface area contributed by atoms with Crippen molar-refractivity contribution >= 4 is 38.1 Å². The van der Waals surface area contributed by atoms with Crippen molar-refractivity contribution in [2.24, 2.45) is 0 Å². The summed E-state index contributed by atoms with van der Waals surface area (Å²) in [5.74, 6) is 0.898. The van der Waals surface area contributed by atoms with Crippen LogP contribution in [-0.4, -0.2) is 48.9 Å². The van der Waals surface area contributed by atoms with Gasteiger partial charge in [0.2, 0.25) is 0 Å². The number of H-pyrrole nitrogens is 1. The molecule has 2 aromatic heterocycles. The van der Waals surface area contributed by atoms with Gasteiger partial charge in [-0.2, -0.15) is 4.31 Å². The van der Waals surface area contributed by atoms with E-state index in [4.69, 9.17) is 0 Å². The first-order valence-corrected chi connectivity index (χ1v) is 10.5.